The van der Waals surface area contributed by atoms with Gasteiger partial charge >= 0.3 is 0 Å². The van der Waals surface area contributed by atoms with Crippen molar-refractivity contribution >= 4 is 28.2 Å². The van der Waals surface area contributed by atoms with Gasteiger partial charge in [-0.3, -0.25) is 9.78 Å². The first-order valence-corrected chi connectivity index (χ1v) is 7.32. The Morgan fingerprint density at radius 2 is 2.04 bits per heavy atom. The summed E-state index contributed by atoms with van der Waals surface area (Å²) in [6, 6.07) is 7.39. The Hall–Kier alpha value is -3.22. The highest BCUT2D eigenvalue weighted by atomic mass is 16.5. The van der Waals surface area contributed by atoms with Crippen LogP contribution in [0.5, 0.6) is 5.88 Å². The molecule has 0 spiro atoms. The van der Waals surface area contributed by atoms with Gasteiger partial charge in [0, 0.05) is 37.4 Å². The standard InChI is InChI=1S/C17H17N5O2/c1-22(2)15-14(17(24-3)20-10-19-15)21-16(23)12-6-4-5-11-7-8-18-9-13(11)12/h4-10H,1-3H3,(H,21,23). The summed E-state index contributed by atoms with van der Waals surface area (Å²) >= 11 is 0. The van der Waals surface area contributed by atoms with Crippen LogP contribution in [0.25, 0.3) is 10.8 Å². The molecule has 2 aromatic heterocycles. The van der Waals surface area contributed by atoms with E-state index >= 15 is 0 Å². The number of pyridine rings is 1. The molecule has 0 saturated heterocycles. The second-order valence-corrected chi connectivity index (χ2v) is 5.33. The number of carbonyl (C=O) groups excluding carboxylic acids is 1. The summed E-state index contributed by atoms with van der Waals surface area (Å²) in [4.78, 5) is 27.0. The van der Waals surface area contributed by atoms with Gasteiger partial charge in [0.2, 0.25) is 5.88 Å². The zero-order valence-electron chi connectivity index (χ0n) is 13.6. The summed E-state index contributed by atoms with van der Waals surface area (Å²) in [6.45, 7) is 0. The number of aromatic nitrogens is 3. The predicted molar refractivity (Wildman–Crippen MR) is 92.6 cm³/mol. The molecular weight excluding hydrogens is 306 g/mol. The fourth-order valence-electron chi connectivity index (χ4n) is 2.46. The van der Waals surface area contributed by atoms with E-state index in [0.29, 0.717) is 22.9 Å². The molecule has 7 nitrogen and oxygen atoms in total. The van der Waals surface area contributed by atoms with Gasteiger partial charge in [-0.15, -0.1) is 0 Å². The van der Waals surface area contributed by atoms with Crippen molar-refractivity contribution < 1.29 is 9.53 Å². The number of methoxy groups -OCH3 is 1. The molecule has 0 atom stereocenters. The van der Waals surface area contributed by atoms with Crippen LogP contribution in [0.15, 0.2) is 43.0 Å². The van der Waals surface area contributed by atoms with Crippen LogP contribution in [0.2, 0.25) is 0 Å². The Morgan fingerprint density at radius 3 is 2.79 bits per heavy atom. The molecule has 0 fully saturated rings. The molecule has 3 aromatic rings. The van der Waals surface area contributed by atoms with Crippen molar-refractivity contribution in [3.05, 3.63) is 48.5 Å². The van der Waals surface area contributed by atoms with Gasteiger partial charge < -0.3 is 15.0 Å². The number of carbonyl (C=O) groups is 1. The van der Waals surface area contributed by atoms with Crippen LogP contribution in [0.3, 0.4) is 0 Å². The van der Waals surface area contributed by atoms with E-state index in [4.69, 9.17) is 4.74 Å². The van der Waals surface area contributed by atoms with Gasteiger partial charge in [-0.05, 0) is 17.5 Å². The molecule has 7 heteroatoms. The molecule has 24 heavy (non-hydrogen) atoms. The molecule has 0 aliphatic rings. The van der Waals surface area contributed by atoms with Crippen molar-refractivity contribution in [2.75, 3.05) is 31.4 Å². The number of anilines is 2. The SMILES string of the molecule is COc1ncnc(N(C)C)c1NC(=O)c1cccc2ccncc12. The minimum Gasteiger partial charge on any atom is -0.479 e. The average Bonchev–Trinajstić information content (AvgIpc) is 2.61. The number of nitrogens with one attached hydrogen (secondary N) is 1. The molecule has 0 radical (unpaired) electrons. The monoisotopic (exact) mass is 323 g/mol. The van der Waals surface area contributed by atoms with E-state index < -0.39 is 0 Å². The smallest absolute Gasteiger partial charge is 0.256 e. The van der Waals surface area contributed by atoms with Crippen molar-refractivity contribution in [1.82, 2.24) is 15.0 Å². The summed E-state index contributed by atoms with van der Waals surface area (Å²) in [5.74, 6) is 0.596. The van der Waals surface area contributed by atoms with Crippen LogP contribution in [-0.4, -0.2) is 42.1 Å². The lowest BCUT2D eigenvalue weighted by molar-refractivity contribution is 0.102. The molecular formula is C17H17N5O2. The molecule has 1 aromatic carbocycles. The Morgan fingerprint density at radius 1 is 1.21 bits per heavy atom. The van der Waals surface area contributed by atoms with Crippen molar-refractivity contribution in [3.8, 4) is 5.88 Å². The Bertz CT molecular complexity index is 890. The second-order valence-electron chi connectivity index (χ2n) is 5.33. The lowest BCUT2D eigenvalue weighted by Gasteiger charge is -2.18. The maximum absolute atomic E-state index is 12.8. The summed E-state index contributed by atoms with van der Waals surface area (Å²) in [5, 5.41) is 4.59. The molecule has 3 rings (SSSR count). The number of ether oxygens (including phenoxy) is 1. The van der Waals surface area contributed by atoms with Gasteiger partial charge in [-0.25, -0.2) is 4.98 Å². The van der Waals surface area contributed by atoms with E-state index in [0.717, 1.165) is 10.8 Å². The molecule has 0 aliphatic heterocycles. The molecule has 2 heterocycles. The molecule has 0 unspecified atom stereocenters. The van der Waals surface area contributed by atoms with Crippen LogP contribution >= 0.6 is 0 Å². The molecule has 0 aliphatic carbocycles. The first-order chi connectivity index (χ1) is 11.6. The average molecular weight is 323 g/mol. The highest BCUT2D eigenvalue weighted by Gasteiger charge is 2.18. The van der Waals surface area contributed by atoms with Crippen LogP contribution in [-0.2, 0) is 0 Å². The number of hydrogen-bond donors (Lipinski definition) is 1. The predicted octanol–water partition coefficient (Wildman–Crippen LogP) is 2.35. The fourth-order valence-corrected chi connectivity index (χ4v) is 2.46. The van der Waals surface area contributed by atoms with Crippen molar-refractivity contribution in [2.24, 2.45) is 0 Å². The first kappa shape index (κ1) is 15.7. The number of nitrogens with zero attached hydrogens (tertiary/aromatic N) is 4. The number of hydrogen-bond acceptors (Lipinski definition) is 6. The number of benzene rings is 1. The molecule has 0 saturated carbocycles. The van der Waals surface area contributed by atoms with E-state index in [1.54, 1.807) is 23.4 Å². The highest BCUT2D eigenvalue weighted by Crippen LogP contribution is 2.30. The largest absolute Gasteiger partial charge is 0.479 e. The third-order valence-corrected chi connectivity index (χ3v) is 3.58. The third kappa shape index (κ3) is 2.83. The van der Waals surface area contributed by atoms with Gasteiger partial charge in [0.05, 0.1) is 7.11 Å². The summed E-state index contributed by atoms with van der Waals surface area (Å²) in [6.07, 6.45) is 4.77. The number of fused-ring (bicyclic) bond motifs is 1. The van der Waals surface area contributed by atoms with Crippen molar-refractivity contribution in [1.29, 1.82) is 0 Å². The molecule has 0 bridgehead atoms. The van der Waals surface area contributed by atoms with Crippen LogP contribution in [0.4, 0.5) is 11.5 Å². The first-order valence-electron chi connectivity index (χ1n) is 7.32. The van der Waals surface area contributed by atoms with Crippen LogP contribution in [0.1, 0.15) is 10.4 Å². The van der Waals surface area contributed by atoms with Crippen molar-refractivity contribution in [3.63, 3.8) is 0 Å². The highest BCUT2D eigenvalue weighted by molar-refractivity contribution is 6.13. The lowest BCUT2D eigenvalue weighted by atomic mass is 10.1. The topological polar surface area (TPSA) is 80.2 Å². The van der Waals surface area contributed by atoms with Crippen LogP contribution < -0.4 is 15.0 Å². The van der Waals surface area contributed by atoms with Crippen molar-refractivity contribution in [2.45, 2.75) is 0 Å². The summed E-state index contributed by atoms with van der Waals surface area (Å²) in [7, 11) is 5.16. The van der Waals surface area contributed by atoms with Gasteiger partial charge in [-0.2, -0.15) is 4.98 Å². The zero-order valence-corrected chi connectivity index (χ0v) is 13.6. The minimum atomic E-state index is -0.273. The lowest BCUT2D eigenvalue weighted by Crippen LogP contribution is -2.19. The summed E-state index contributed by atoms with van der Waals surface area (Å²) < 4.78 is 5.26. The van der Waals surface area contributed by atoms with E-state index in [-0.39, 0.29) is 5.91 Å². The molecule has 1 N–H and O–H groups in total. The summed E-state index contributed by atoms with van der Waals surface area (Å²) in [5.41, 5.74) is 0.951. The quantitative estimate of drug-likeness (QED) is 0.794. The van der Waals surface area contributed by atoms with Gasteiger partial charge in [-0.1, -0.05) is 12.1 Å². The maximum atomic E-state index is 12.8. The van der Waals surface area contributed by atoms with E-state index in [9.17, 15) is 4.79 Å². The third-order valence-electron chi connectivity index (χ3n) is 3.58. The Kier molecular flexibility index (Phi) is 4.24. The van der Waals surface area contributed by atoms with Crippen LogP contribution in [0, 0.1) is 0 Å². The molecule has 1 amide bonds. The maximum Gasteiger partial charge on any atom is 0.256 e. The Labute approximate surface area is 139 Å². The Balaban J connectivity index is 2.04. The van der Waals surface area contributed by atoms with Gasteiger partial charge in [0.25, 0.3) is 5.91 Å². The van der Waals surface area contributed by atoms with Gasteiger partial charge in [0.1, 0.15) is 12.0 Å². The number of amides is 1. The van der Waals surface area contributed by atoms with E-state index in [1.807, 2.05) is 32.3 Å². The molecule has 122 valence electrons. The van der Waals surface area contributed by atoms with E-state index in [1.165, 1.54) is 13.4 Å². The fraction of sp³-hybridized carbons (Fsp3) is 0.176. The van der Waals surface area contributed by atoms with Gasteiger partial charge in [0.15, 0.2) is 5.82 Å². The minimum absolute atomic E-state index is 0.273. The van der Waals surface area contributed by atoms with E-state index in [2.05, 4.69) is 20.3 Å². The second kappa shape index (κ2) is 6.49. The zero-order chi connectivity index (χ0) is 17.1. The number of rotatable bonds is 4. The normalized spacial score (nSPS) is 10.5.